The Bertz CT molecular complexity index is 820. The number of nitrogens with one attached hydrogen (secondary N) is 1. The summed E-state index contributed by atoms with van der Waals surface area (Å²) in [7, 11) is 3.74. The molecule has 3 rings (SSSR count). The van der Waals surface area contributed by atoms with Crippen molar-refractivity contribution in [3.8, 4) is 0 Å². The lowest BCUT2D eigenvalue weighted by atomic mass is 10.2. The van der Waals surface area contributed by atoms with Gasteiger partial charge >= 0.3 is 0 Å². The van der Waals surface area contributed by atoms with Gasteiger partial charge in [-0.1, -0.05) is 0 Å². The Hall–Kier alpha value is -2.48. The van der Waals surface area contributed by atoms with E-state index in [1.165, 1.54) is 0 Å². The second-order valence-electron chi connectivity index (χ2n) is 5.48. The fraction of sp³-hybridized carbons (Fsp3) is 0.333. The predicted molar refractivity (Wildman–Crippen MR) is 91.1 cm³/mol. The number of imidazole rings is 1. The van der Waals surface area contributed by atoms with Crippen molar-refractivity contribution < 1.29 is 4.79 Å². The Morgan fingerprint density at radius 2 is 2.09 bits per heavy atom. The molecular weight excluding hydrogens is 312 g/mol. The van der Waals surface area contributed by atoms with Crippen LogP contribution in [0.25, 0.3) is 4.96 Å². The number of amides is 1. The van der Waals surface area contributed by atoms with Crippen molar-refractivity contribution in [3.05, 3.63) is 35.4 Å². The maximum atomic E-state index is 12.1. The summed E-state index contributed by atoms with van der Waals surface area (Å²) in [5.41, 5.74) is 2.69. The van der Waals surface area contributed by atoms with E-state index in [9.17, 15) is 4.79 Å². The molecule has 120 valence electrons. The standard InChI is InChI=1S/C15H18N6OS/c1-10-8-21-12(9-23-15(21)18-10)4-5-13(22)19-11-6-16-14(17-7-11)20(2)3/h6-9H,4-5H2,1-3H3,(H,19,22). The highest BCUT2D eigenvalue weighted by Crippen LogP contribution is 2.18. The van der Waals surface area contributed by atoms with Gasteiger partial charge in [-0.3, -0.25) is 9.20 Å². The van der Waals surface area contributed by atoms with E-state index >= 15 is 0 Å². The fourth-order valence-corrected chi connectivity index (χ4v) is 3.16. The molecule has 0 saturated heterocycles. The number of nitrogens with zero attached hydrogens (tertiary/aromatic N) is 5. The SMILES string of the molecule is Cc1cn2c(CCC(=O)Nc3cnc(N(C)C)nc3)csc2n1. The van der Waals surface area contributed by atoms with Crippen molar-refractivity contribution in [3.63, 3.8) is 0 Å². The van der Waals surface area contributed by atoms with Crippen LogP contribution in [0.1, 0.15) is 17.8 Å². The number of carbonyl (C=O) groups is 1. The number of aromatic nitrogens is 4. The van der Waals surface area contributed by atoms with Crippen LogP contribution in [0.3, 0.4) is 0 Å². The topological polar surface area (TPSA) is 75.4 Å². The largest absolute Gasteiger partial charge is 0.347 e. The molecule has 0 saturated carbocycles. The number of rotatable bonds is 5. The van der Waals surface area contributed by atoms with Crippen molar-refractivity contribution in [1.82, 2.24) is 19.4 Å². The van der Waals surface area contributed by atoms with Gasteiger partial charge in [0.1, 0.15) is 0 Å². The molecule has 3 heterocycles. The van der Waals surface area contributed by atoms with Gasteiger partial charge in [0.25, 0.3) is 0 Å². The first-order valence-electron chi connectivity index (χ1n) is 7.24. The summed E-state index contributed by atoms with van der Waals surface area (Å²) in [5, 5.41) is 4.87. The molecule has 1 N–H and O–H groups in total. The van der Waals surface area contributed by atoms with Crippen molar-refractivity contribution in [1.29, 1.82) is 0 Å². The summed E-state index contributed by atoms with van der Waals surface area (Å²) < 4.78 is 2.04. The van der Waals surface area contributed by atoms with Crippen LogP contribution >= 0.6 is 11.3 Å². The summed E-state index contributed by atoms with van der Waals surface area (Å²) >= 11 is 1.59. The highest BCUT2D eigenvalue weighted by atomic mass is 32.1. The number of hydrogen-bond donors (Lipinski definition) is 1. The van der Waals surface area contributed by atoms with Gasteiger partial charge in [0.05, 0.1) is 23.8 Å². The minimum atomic E-state index is -0.0533. The lowest BCUT2D eigenvalue weighted by molar-refractivity contribution is -0.116. The van der Waals surface area contributed by atoms with Crippen LogP contribution in [0.5, 0.6) is 0 Å². The van der Waals surface area contributed by atoms with Crippen molar-refractivity contribution in [2.45, 2.75) is 19.8 Å². The molecule has 0 fully saturated rings. The van der Waals surface area contributed by atoms with Crippen molar-refractivity contribution in [2.24, 2.45) is 0 Å². The Morgan fingerprint density at radius 3 is 2.78 bits per heavy atom. The minimum absolute atomic E-state index is 0.0533. The van der Waals surface area contributed by atoms with Crippen LogP contribution in [0.4, 0.5) is 11.6 Å². The number of thiazole rings is 1. The van der Waals surface area contributed by atoms with E-state index < -0.39 is 0 Å². The van der Waals surface area contributed by atoms with Gasteiger partial charge < -0.3 is 10.2 Å². The summed E-state index contributed by atoms with van der Waals surface area (Å²) in [6, 6.07) is 0. The third-order valence-electron chi connectivity index (χ3n) is 3.33. The van der Waals surface area contributed by atoms with E-state index in [-0.39, 0.29) is 5.91 Å². The van der Waals surface area contributed by atoms with Crippen LogP contribution < -0.4 is 10.2 Å². The van der Waals surface area contributed by atoms with E-state index in [0.717, 1.165) is 16.3 Å². The summed E-state index contributed by atoms with van der Waals surface area (Å²) in [4.78, 5) is 27.6. The van der Waals surface area contributed by atoms with Crippen molar-refractivity contribution in [2.75, 3.05) is 24.3 Å². The van der Waals surface area contributed by atoms with Gasteiger partial charge in [0.2, 0.25) is 11.9 Å². The predicted octanol–water partition coefficient (Wildman–Crippen LogP) is 2.13. The molecule has 0 radical (unpaired) electrons. The Balaban J connectivity index is 1.59. The molecule has 3 aromatic rings. The average Bonchev–Trinajstić information content (AvgIpc) is 3.05. The first-order valence-corrected chi connectivity index (χ1v) is 8.12. The number of carbonyl (C=O) groups excluding carboxylic acids is 1. The molecule has 8 heteroatoms. The minimum Gasteiger partial charge on any atom is -0.347 e. The van der Waals surface area contributed by atoms with E-state index in [4.69, 9.17) is 0 Å². The van der Waals surface area contributed by atoms with Gasteiger partial charge in [0.15, 0.2) is 4.96 Å². The molecule has 0 spiro atoms. The van der Waals surface area contributed by atoms with E-state index in [2.05, 4.69) is 20.3 Å². The molecule has 7 nitrogen and oxygen atoms in total. The maximum absolute atomic E-state index is 12.1. The van der Waals surface area contributed by atoms with Gasteiger partial charge in [-0.2, -0.15) is 0 Å². The number of hydrogen-bond acceptors (Lipinski definition) is 6. The fourth-order valence-electron chi connectivity index (χ4n) is 2.20. The number of fused-ring (bicyclic) bond motifs is 1. The molecule has 0 aromatic carbocycles. The van der Waals surface area contributed by atoms with Crippen molar-refractivity contribution >= 4 is 33.8 Å². The molecule has 0 aliphatic carbocycles. The van der Waals surface area contributed by atoms with Gasteiger partial charge in [-0.15, -0.1) is 11.3 Å². The quantitative estimate of drug-likeness (QED) is 0.775. The summed E-state index contributed by atoms with van der Waals surface area (Å²) in [6.07, 6.45) is 6.29. The molecule has 0 aliphatic heterocycles. The van der Waals surface area contributed by atoms with Crippen LogP contribution in [0.15, 0.2) is 24.0 Å². The zero-order valence-electron chi connectivity index (χ0n) is 13.3. The zero-order valence-corrected chi connectivity index (χ0v) is 14.1. The molecule has 23 heavy (non-hydrogen) atoms. The van der Waals surface area contributed by atoms with Crippen LogP contribution in [-0.2, 0) is 11.2 Å². The first-order chi connectivity index (χ1) is 11.0. The van der Waals surface area contributed by atoms with E-state index in [1.807, 2.05) is 37.0 Å². The Kier molecular flexibility index (Phi) is 4.24. The highest BCUT2D eigenvalue weighted by molar-refractivity contribution is 7.15. The van der Waals surface area contributed by atoms with Crippen LogP contribution in [0.2, 0.25) is 0 Å². The average molecular weight is 330 g/mol. The highest BCUT2D eigenvalue weighted by Gasteiger charge is 2.09. The Labute approximate surface area is 138 Å². The molecular formula is C15H18N6OS. The van der Waals surface area contributed by atoms with E-state index in [0.29, 0.717) is 24.5 Å². The normalized spacial score (nSPS) is 10.9. The second-order valence-corrected chi connectivity index (χ2v) is 6.31. The first kappa shape index (κ1) is 15.4. The lowest BCUT2D eigenvalue weighted by Gasteiger charge is -2.10. The third kappa shape index (κ3) is 3.48. The number of anilines is 2. The molecule has 0 bridgehead atoms. The monoisotopic (exact) mass is 330 g/mol. The Morgan fingerprint density at radius 1 is 1.35 bits per heavy atom. The van der Waals surface area contributed by atoms with E-state index in [1.54, 1.807) is 28.6 Å². The van der Waals surface area contributed by atoms with Gasteiger partial charge in [0, 0.05) is 37.8 Å². The molecule has 0 atom stereocenters. The number of aryl methyl sites for hydroxylation is 2. The second kappa shape index (κ2) is 6.33. The van der Waals surface area contributed by atoms with Crippen LogP contribution in [0, 0.1) is 6.92 Å². The van der Waals surface area contributed by atoms with Crippen LogP contribution in [-0.4, -0.2) is 39.4 Å². The molecule has 0 aliphatic rings. The summed E-state index contributed by atoms with van der Waals surface area (Å²) in [5.74, 6) is 0.557. The summed E-state index contributed by atoms with van der Waals surface area (Å²) in [6.45, 7) is 1.97. The van der Waals surface area contributed by atoms with Gasteiger partial charge in [-0.05, 0) is 13.3 Å². The maximum Gasteiger partial charge on any atom is 0.224 e. The van der Waals surface area contributed by atoms with Gasteiger partial charge in [-0.25, -0.2) is 15.0 Å². The molecule has 0 unspecified atom stereocenters. The molecule has 3 aromatic heterocycles. The smallest absolute Gasteiger partial charge is 0.224 e. The molecule has 1 amide bonds. The lowest BCUT2D eigenvalue weighted by Crippen LogP contribution is -2.15. The third-order valence-corrected chi connectivity index (χ3v) is 4.22. The zero-order chi connectivity index (χ0) is 16.4.